The van der Waals surface area contributed by atoms with Gasteiger partial charge in [0, 0.05) is 23.3 Å². The molecule has 1 atom stereocenters. The molecule has 6 nitrogen and oxygen atoms in total. The number of nitrogens with one attached hydrogen (secondary N) is 1. The van der Waals surface area contributed by atoms with Crippen LogP contribution in [-0.4, -0.2) is 21.1 Å². The van der Waals surface area contributed by atoms with E-state index >= 15 is 0 Å². The predicted molar refractivity (Wildman–Crippen MR) is 118 cm³/mol. The fourth-order valence-corrected chi connectivity index (χ4v) is 3.39. The van der Waals surface area contributed by atoms with Crippen molar-refractivity contribution >= 4 is 17.5 Å². The molecule has 0 aliphatic carbocycles. The van der Waals surface area contributed by atoms with E-state index in [4.69, 9.17) is 11.6 Å². The normalized spacial score (nSPS) is 11.8. The highest BCUT2D eigenvalue weighted by molar-refractivity contribution is 6.31. The van der Waals surface area contributed by atoms with Crippen molar-refractivity contribution in [3.8, 4) is 0 Å². The lowest BCUT2D eigenvalue weighted by Gasteiger charge is -2.15. The van der Waals surface area contributed by atoms with Crippen molar-refractivity contribution in [3.05, 3.63) is 104 Å². The number of amides is 1. The largest absolute Gasteiger partial charge is 0.352 e. The molecule has 30 heavy (non-hydrogen) atoms. The van der Waals surface area contributed by atoms with Gasteiger partial charge in [0.25, 0.3) is 5.56 Å². The van der Waals surface area contributed by atoms with Crippen LogP contribution in [0.2, 0.25) is 5.02 Å². The Morgan fingerprint density at radius 2 is 1.73 bits per heavy atom. The van der Waals surface area contributed by atoms with E-state index in [0.29, 0.717) is 5.02 Å². The third kappa shape index (κ3) is 5.70. The van der Waals surface area contributed by atoms with E-state index in [-0.39, 0.29) is 25.0 Å². The number of aromatic nitrogens is 2. The molecule has 1 amide bonds. The monoisotopic (exact) mass is 425 g/mol. The Hall–Kier alpha value is -3.12. The second-order valence-corrected chi connectivity index (χ2v) is 7.64. The number of nitrogens with zero attached hydrogens (tertiary/aromatic N) is 2. The van der Waals surface area contributed by atoms with Crippen molar-refractivity contribution in [3.63, 3.8) is 0 Å². The minimum absolute atomic E-state index is 0.0810. The molecule has 1 heterocycles. The van der Waals surface area contributed by atoms with E-state index in [0.717, 1.165) is 23.0 Å². The van der Waals surface area contributed by atoms with Gasteiger partial charge in [-0.3, -0.25) is 18.7 Å². The lowest BCUT2D eigenvalue weighted by Crippen LogP contribution is -2.44. The van der Waals surface area contributed by atoms with Crippen molar-refractivity contribution in [2.45, 2.75) is 38.9 Å². The highest BCUT2D eigenvalue weighted by Crippen LogP contribution is 2.15. The number of hydrogen-bond acceptors (Lipinski definition) is 3. The Morgan fingerprint density at radius 3 is 2.47 bits per heavy atom. The zero-order valence-electron chi connectivity index (χ0n) is 16.8. The van der Waals surface area contributed by atoms with Crippen molar-refractivity contribution in [1.82, 2.24) is 14.5 Å². The second-order valence-electron chi connectivity index (χ2n) is 7.23. The van der Waals surface area contributed by atoms with E-state index in [2.05, 4.69) is 5.32 Å². The summed E-state index contributed by atoms with van der Waals surface area (Å²) in [5.41, 5.74) is 0.891. The minimum Gasteiger partial charge on any atom is -0.352 e. The van der Waals surface area contributed by atoms with Gasteiger partial charge in [-0.25, -0.2) is 4.79 Å². The van der Waals surface area contributed by atoms with Gasteiger partial charge in [-0.15, -0.1) is 0 Å². The van der Waals surface area contributed by atoms with E-state index in [1.807, 2.05) is 49.4 Å². The van der Waals surface area contributed by atoms with Gasteiger partial charge in [0.1, 0.15) is 6.54 Å². The summed E-state index contributed by atoms with van der Waals surface area (Å²) < 4.78 is 2.31. The average molecular weight is 426 g/mol. The first-order chi connectivity index (χ1) is 14.4. The number of halogens is 1. The van der Waals surface area contributed by atoms with Crippen LogP contribution in [0.15, 0.2) is 76.4 Å². The standard InChI is InChI=1S/C23H24ClN3O3/c1-17(11-12-18-7-3-2-4-8-18)25-21(28)16-27-22(29)13-14-26(23(27)30)15-19-9-5-6-10-20(19)24/h2-10,13-14,17H,11-12,15-16H2,1H3,(H,25,28)/t17-/m0/s1. The zero-order valence-corrected chi connectivity index (χ0v) is 17.5. The summed E-state index contributed by atoms with van der Waals surface area (Å²) in [6, 6.07) is 18.4. The average Bonchev–Trinajstić information content (AvgIpc) is 2.74. The van der Waals surface area contributed by atoms with E-state index in [1.54, 1.807) is 12.1 Å². The maximum atomic E-state index is 12.7. The third-order valence-corrected chi connectivity index (χ3v) is 5.22. The van der Waals surface area contributed by atoms with Crippen molar-refractivity contribution in [1.29, 1.82) is 0 Å². The van der Waals surface area contributed by atoms with Crippen LogP contribution in [-0.2, 0) is 24.3 Å². The SMILES string of the molecule is C[C@@H](CCc1ccccc1)NC(=O)Cn1c(=O)ccn(Cc2ccccc2Cl)c1=O. The first kappa shape index (κ1) is 21.6. The number of benzene rings is 2. The molecule has 0 aliphatic rings. The summed E-state index contributed by atoms with van der Waals surface area (Å²) in [4.78, 5) is 37.3. The van der Waals surface area contributed by atoms with Crippen LogP contribution < -0.4 is 16.6 Å². The van der Waals surface area contributed by atoms with E-state index in [9.17, 15) is 14.4 Å². The molecule has 0 fully saturated rings. The third-order valence-electron chi connectivity index (χ3n) is 4.86. The van der Waals surface area contributed by atoms with Crippen molar-refractivity contribution in [2.75, 3.05) is 0 Å². The number of hydrogen-bond donors (Lipinski definition) is 1. The van der Waals surface area contributed by atoms with Crippen molar-refractivity contribution < 1.29 is 4.79 Å². The molecule has 1 N–H and O–H groups in total. The first-order valence-corrected chi connectivity index (χ1v) is 10.2. The molecule has 2 aromatic carbocycles. The lowest BCUT2D eigenvalue weighted by atomic mass is 10.1. The van der Waals surface area contributed by atoms with Gasteiger partial charge in [-0.05, 0) is 37.0 Å². The van der Waals surface area contributed by atoms with Gasteiger partial charge in [0.15, 0.2) is 0 Å². The number of carbonyl (C=O) groups is 1. The van der Waals surface area contributed by atoms with Gasteiger partial charge in [-0.1, -0.05) is 60.1 Å². The quantitative estimate of drug-likeness (QED) is 0.603. The molecular weight excluding hydrogens is 402 g/mol. The Morgan fingerprint density at radius 1 is 1.03 bits per heavy atom. The summed E-state index contributed by atoms with van der Waals surface area (Å²) >= 11 is 6.17. The van der Waals surface area contributed by atoms with Crippen molar-refractivity contribution in [2.24, 2.45) is 0 Å². The number of rotatable bonds is 8. The maximum Gasteiger partial charge on any atom is 0.331 e. The highest BCUT2D eigenvalue weighted by Gasteiger charge is 2.13. The zero-order chi connectivity index (χ0) is 21.5. The Balaban J connectivity index is 1.65. The van der Waals surface area contributed by atoms with Crippen LogP contribution >= 0.6 is 11.6 Å². The number of aryl methyl sites for hydroxylation is 1. The van der Waals surface area contributed by atoms with Crippen LogP contribution in [0, 0.1) is 0 Å². The maximum absolute atomic E-state index is 12.7. The van der Waals surface area contributed by atoms with Gasteiger partial charge in [-0.2, -0.15) is 0 Å². The molecule has 0 saturated carbocycles. The minimum atomic E-state index is -0.547. The molecule has 3 aromatic rings. The molecule has 3 rings (SSSR count). The Kier molecular flexibility index (Phi) is 7.25. The highest BCUT2D eigenvalue weighted by atomic mass is 35.5. The Labute approximate surface area is 179 Å². The molecule has 1 aromatic heterocycles. The van der Waals surface area contributed by atoms with Crippen LogP contribution in [0.5, 0.6) is 0 Å². The second kappa shape index (κ2) is 10.1. The summed E-state index contributed by atoms with van der Waals surface area (Å²) in [6.45, 7) is 1.80. The lowest BCUT2D eigenvalue weighted by molar-refractivity contribution is -0.122. The predicted octanol–water partition coefficient (Wildman–Crippen LogP) is 2.85. The molecule has 0 aliphatic heterocycles. The summed E-state index contributed by atoms with van der Waals surface area (Å²) in [7, 11) is 0. The molecule has 0 radical (unpaired) electrons. The van der Waals surface area contributed by atoms with Crippen LogP contribution in [0.3, 0.4) is 0 Å². The molecule has 0 bridgehead atoms. The first-order valence-electron chi connectivity index (χ1n) is 9.81. The van der Waals surface area contributed by atoms with E-state index in [1.165, 1.54) is 22.4 Å². The molecule has 156 valence electrons. The molecule has 0 spiro atoms. The van der Waals surface area contributed by atoms with Crippen LogP contribution in [0.4, 0.5) is 0 Å². The summed E-state index contributed by atoms with van der Waals surface area (Å²) in [5.74, 6) is -0.370. The van der Waals surface area contributed by atoms with Crippen LogP contribution in [0.25, 0.3) is 0 Å². The molecule has 0 unspecified atom stereocenters. The van der Waals surface area contributed by atoms with Gasteiger partial charge < -0.3 is 5.32 Å². The Bertz CT molecular complexity index is 1120. The number of carbonyl (C=O) groups excluding carboxylic acids is 1. The molecular formula is C23H24ClN3O3. The molecule has 7 heteroatoms. The fourth-order valence-electron chi connectivity index (χ4n) is 3.20. The topological polar surface area (TPSA) is 73.1 Å². The smallest absolute Gasteiger partial charge is 0.331 e. The fraction of sp³-hybridized carbons (Fsp3) is 0.261. The summed E-state index contributed by atoms with van der Waals surface area (Å²) in [6.07, 6.45) is 3.01. The van der Waals surface area contributed by atoms with Gasteiger partial charge in [0.2, 0.25) is 5.91 Å². The van der Waals surface area contributed by atoms with Crippen LogP contribution in [0.1, 0.15) is 24.5 Å². The van der Waals surface area contributed by atoms with Gasteiger partial charge >= 0.3 is 5.69 Å². The summed E-state index contributed by atoms with van der Waals surface area (Å²) in [5, 5.41) is 3.40. The van der Waals surface area contributed by atoms with Gasteiger partial charge in [0.05, 0.1) is 6.54 Å². The molecule has 0 saturated heterocycles. The van der Waals surface area contributed by atoms with E-state index < -0.39 is 11.2 Å².